The Labute approximate surface area is 157 Å². The van der Waals surface area contributed by atoms with Crippen molar-refractivity contribution in [2.24, 2.45) is 11.8 Å². The Kier molecular flexibility index (Phi) is 7.92. The zero-order valence-corrected chi connectivity index (χ0v) is 15.7. The molecule has 2 aliphatic carbocycles. The number of rotatable bonds is 5. The van der Waals surface area contributed by atoms with Crippen molar-refractivity contribution < 1.29 is 14.3 Å². The van der Waals surface area contributed by atoms with E-state index < -0.39 is 17.8 Å². The third-order valence-electron chi connectivity index (χ3n) is 4.57. The number of hydrogen-bond acceptors (Lipinski definition) is 3. The summed E-state index contributed by atoms with van der Waals surface area (Å²) in [6.07, 6.45) is 10.4. The van der Waals surface area contributed by atoms with Gasteiger partial charge in [-0.2, -0.15) is 0 Å². The molecule has 7 heteroatoms. The van der Waals surface area contributed by atoms with Crippen LogP contribution in [-0.2, 0) is 14.3 Å². The molecule has 2 atom stereocenters. The van der Waals surface area contributed by atoms with E-state index in [9.17, 15) is 9.59 Å². The third-order valence-corrected chi connectivity index (χ3v) is 5.52. The van der Waals surface area contributed by atoms with Gasteiger partial charge in [-0.15, -0.1) is 0 Å². The third kappa shape index (κ3) is 5.68. The first-order valence-electron chi connectivity index (χ1n) is 8.30. The highest BCUT2D eigenvalue weighted by Crippen LogP contribution is 2.29. The lowest BCUT2D eigenvalue weighted by Gasteiger charge is -2.29. The number of hydrogen-bond donors (Lipinski definition) is 1. The van der Waals surface area contributed by atoms with Crippen LogP contribution in [0.1, 0.15) is 44.9 Å². The van der Waals surface area contributed by atoms with E-state index >= 15 is 0 Å². The van der Waals surface area contributed by atoms with Crippen molar-refractivity contribution in [2.75, 3.05) is 6.61 Å². The Hall–Kier alpha value is -0.710. The van der Waals surface area contributed by atoms with Crippen LogP contribution in [0.5, 0.6) is 0 Å². The zero-order valence-electron chi connectivity index (χ0n) is 13.4. The quantitative estimate of drug-likeness (QED) is 0.554. The molecule has 0 aromatic heterocycles. The molecule has 1 amide bonds. The standard InChI is InChI=1S/C17H22Cl3NO3/c18-14(15(19)20)10-24-17(23)13-9-5-4-8-12(13)16(22)21-11-6-2-1-3-7-11/h4-5,11-13H,1-3,6-10H2,(H,21,22)/t12-,13+/m0/s1. The lowest BCUT2D eigenvalue weighted by molar-refractivity contribution is -0.152. The zero-order chi connectivity index (χ0) is 17.5. The molecule has 0 aromatic rings. The van der Waals surface area contributed by atoms with Crippen molar-refractivity contribution in [3.63, 3.8) is 0 Å². The predicted molar refractivity (Wildman–Crippen MR) is 95.9 cm³/mol. The molecular weight excluding hydrogens is 373 g/mol. The minimum absolute atomic E-state index is 0.0646. The van der Waals surface area contributed by atoms with Gasteiger partial charge in [0.15, 0.2) is 0 Å². The second-order valence-electron chi connectivity index (χ2n) is 6.27. The van der Waals surface area contributed by atoms with Crippen molar-refractivity contribution in [3.05, 3.63) is 21.7 Å². The number of allylic oxidation sites excluding steroid dienone is 2. The predicted octanol–water partition coefficient (Wildman–Crippen LogP) is 4.45. The summed E-state index contributed by atoms with van der Waals surface area (Å²) in [5, 5.41) is 3.17. The Balaban J connectivity index is 1.94. The van der Waals surface area contributed by atoms with Crippen molar-refractivity contribution in [1.29, 1.82) is 0 Å². The first-order valence-corrected chi connectivity index (χ1v) is 9.44. The van der Waals surface area contributed by atoms with Crippen LogP contribution in [0.25, 0.3) is 0 Å². The lowest BCUT2D eigenvalue weighted by atomic mass is 9.82. The van der Waals surface area contributed by atoms with Gasteiger partial charge >= 0.3 is 5.97 Å². The Morgan fingerprint density at radius 1 is 1.00 bits per heavy atom. The van der Waals surface area contributed by atoms with E-state index in [1.54, 1.807) is 0 Å². The highest BCUT2D eigenvalue weighted by molar-refractivity contribution is 6.59. The van der Waals surface area contributed by atoms with E-state index in [0.717, 1.165) is 25.7 Å². The normalized spacial score (nSPS) is 24.3. The van der Waals surface area contributed by atoms with E-state index in [4.69, 9.17) is 39.5 Å². The second-order valence-corrected chi connectivity index (χ2v) is 7.68. The van der Waals surface area contributed by atoms with Gasteiger partial charge in [-0.1, -0.05) is 66.2 Å². The van der Waals surface area contributed by atoms with Gasteiger partial charge in [0.05, 0.1) is 16.9 Å². The Morgan fingerprint density at radius 3 is 2.25 bits per heavy atom. The average molecular weight is 395 g/mol. The van der Waals surface area contributed by atoms with Crippen LogP contribution in [0.15, 0.2) is 21.7 Å². The van der Waals surface area contributed by atoms with Crippen LogP contribution in [0.3, 0.4) is 0 Å². The monoisotopic (exact) mass is 393 g/mol. The Bertz CT molecular complexity index is 523. The van der Waals surface area contributed by atoms with Crippen molar-refractivity contribution >= 4 is 46.7 Å². The molecule has 0 aromatic carbocycles. The fourth-order valence-corrected chi connectivity index (χ4v) is 3.38. The maximum Gasteiger partial charge on any atom is 0.310 e. The summed E-state index contributed by atoms with van der Waals surface area (Å²) in [4.78, 5) is 24.9. The molecule has 1 saturated carbocycles. The molecule has 2 rings (SSSR count). The number of amides is 1. The topological polar surface area (TPSA) is 55.4 Å². The number of ether oxygens (including phenoxy) is 1. The summed E-state index contributed by atoms with van der Waals surface area (Å²) < 4.78 is 5.04. The second kappa shape index (κ2) is 9.69. The average Bonchev–Trinajstić information content (AvgIpc) is 2.60. The van der Waals surface area contributed by atoms with E-state index in [0.29, 0.717) is 12.8 Å². The molecule has 0 saturated heterocycles. The molecule has 0 radical (unpaired) electrons. The van der Waals surface area contributed by atoms with Gasteiger partial charge in [0, 0.05) is 6.04 Å². The summed E-state index contributed by atoms with van der Waals surface area (Å²) >= 11 is 16.8. The van der Waals surface area contributed by atoms with Crippen molar-refractivity contribution in [2.45, 2.75) is 51.0 Å². The molecule has 1 fully saturated rings. The highest BCUT2D eigenvalue weighted by atomic mass is 35.5. The number of carbonyl (C=O) groups is 2. The van der Waals surface area contributed by atoms with E-state index in [1.165, 1.54) is 6.42 Å². The maximum atomic E-state index is 12.6. The van der Waals surface area contributed by atoms with Crippen LogP contribution in [0.2, 0.25) is 0 Å². The molecule has 24 heavy (non-hydrogen) atoms. The fourth-order valence-electron chi connectivity index (χ4n) is 3.22. The van der Waals surface area contributed by atoms with Gasteiger partial charge in [-0.25, -0.2) is 0 Å². The van der Waals surface area contributed by atoms with Crippen LogP contribution >= 0.6 is 34.8 Å². The first-order chi connectivity index (χ1) is 11.5. The van der Waals surface area contributed by atoms with Gasteiger partial charge in [0.2, 0.25) is 5.91 Å². The molecule has 0 bridgehead atoms. The highest BCUT2D eigenvalue weighted by Gasteiger charge is 2.36. The minimum atomic E-state index is -0.503. The smallest absolute Gasteiger partial charge is 0.310 e. The number of halogens is 3. The van der Waals surface area contributed by atoms with Gasteiger partial charge < -0.3 is 10.1 Å². The largest absolute Gasteiger partial charge is 0.460 e. The number of esters is 1. The van der Waals surface area contributed by atoms with Crippen LogP contribution < -0.4 is 5.32 Å². The molecule has 0 aliphatic heterocycles. The minimum Gasteiger partial charge on any atom is -0.460 e. The molecule has 2 aliphatic rings. The molecule has 0 heterocycles. The molecule has 0 spiro atoms. The SMILES string of the molecule is O=C(NC1CCCCC1)[C@H]1CC=CC[C@H]1C(=O)OCC(Cl)=C(Cl)Cl. The van der Waals surface area contributed by atoms with E-state index in [1.807, 2.05) is 12.2 Å². The number of carbonyl (C=O) groups excluding carboxylic acids is 2. The van der Waals surface area contributed by atoms with Crippen molar-refractivity contribution in [1.82, 2.24) is 5.32 Å². The summed E-state index contributed by atoms with van der Waals surface area (Å²) in [5.41, 5.74) is 0. The molecule has 0 unspecified atom stereocenters. The van der Waals surface area contributed by atoms with Gasteiger partial charge in [-0.3, -0.25) is 9.59 Å². The van der Waals surface area contributed by atoms with Gasteiger partial charge in [-0.05, 0) is 25.7 Å². The van der Waals surface area contributed by atoms with Crippen molar-refractivity contribution in [3.8, 4) is 0 Å². The van der Waals surface area contributed by atoms with Crippen LogP contribution in [0.4, 0.5) is 0 Å². The lowest BCUT2D eigenvalue weighted by Crippen LogP contribution is -2.44. The number of nitrogens with one attached hydrogen (secondary N) is 1. The molecule has 134 valence electrons. The molecular formula is C17H22Cl3NO3. The first kappa shape index (κ1) is 19.6. The summed E-state index contributed by atoms with van der Waals surface area (Å²) in [5.74, 6) is -1.42. The van der Waals surface area contributed by atoms with Gasteiger partial charge in [0.1, 0.15) is 11.1 Å². The molecule has 4 nitrogen and oxygen atoms in total. The fraction of sp³-hybridized carbons (Fsp3) is 0.647. The van der Waals surface area contributed by atoms with Crippen LogP contribution in [0, 0.1) is 11.8 Å². The summed E-state index contributed by atoms with van der Waals surface area (Å²) in [7, 11) is 0. The van der Waals surface area contributed by atoms with Crippen LogP contribution in [-0.4, -0.2) is 24.5 Å². The maximum absolute atomic E-state index is 12.6. The van der Waals surface area contributed by atoms with E-state index in [2.05, 4.69) is 5.32 Å². The molecule has 1 N–H and O–H groups in total. The van der Waals surface area contributed by atoms with E-state index in [-0.39, 0.29) is 28.1 Å². The Morgan fingerprint density at radius 2 is 1.62 bits per heavy atom. The van der Waals surface area contributed by atoms with Gasteiger partial charge in [0.25, 0.3) is 0 Å². The summed E-state index contributed by atoms with van der Waals surface area (Å²) in [6, 6.07) is 0.223. The summed E-state index contributed by atoms with van der Waals surface area (Å²) in [6.45, 7) is -0.181.